The van der Waals surface area contributed by atoms with Gasteiger partial charge in [0, 0.05) is 25.8 Å². The number of nitriles is 1. The molecule has 6 nitrogen and oxygen atoms in total. The zero-order valence-electron chi connectivity index (χ0n) is 13.8. The quantitative estimate of drug-likeness (QED) is 0.836. The fourth-order valence-electron chi connectivity index (χ4n) is 2.83. The zero-order valence-corrected chi connectivity index (χ0v) is 13.8. The Morgan fingerprint density at radius 1 is 1.38 bits per heavy atom. The minimum absolute atomic E-state index is 0.264. The number of rotatable bonds is 7. The Morgan fingerprint density at radius 2 is 2.12 bits per heavy atom. The van der Waals surface area contributed by atoms with Crippen LogP contribution in [0.5, 0.6) is 5.75 Å². The van der Waals surface area contributed by atoms with Crippen molar-refractivity contribution in [1.82, 2.24) is 14.7 Å². The second kappa shape index (κ2) is 7.47. The molecule has 0 bridgehead atoms. The fraction of sp³-hybridized carbons (Fsp3) is 0.444. The van der Waals surface area contributed by atoms with Gasteiger partial charge >= 0.3 is 0 Å². The van der Waals surface area contributed by atoms with Crippen LogP contribution in [0.3, 0.4) is 0 Å². The molecule has 3 rings (SSSR count). The number of β-amino-alcohol motifs (C(OH)–C–C–N with tert-alkyl or cyclic N) is 1. The fourth-order valence-corrected chi connectivity index (χ4v) is 2.83. The van der Waals surface area contributed by atoms with Crippen molar-refractivity contribution in [2.45, 2.75) is 25.5 Å². The van der Waals surface area contributed by atoms with Crippen LogP contribution in [0.1, 0.15) is 17.2 Å². The zero-order chi connectivity index (χ0) is 16.9. The Kier molecular flexibility index (Phi) is 5.14. The Bertz CT molecular complexity index is 699. The van der Waals surface area contributed by atoms with Gasteiger partial charge in [-0.15, -0.1) is 0 Å². The largest absolute Gasteiger partial charge is 0.491 e. The van der Waals surface area contributed by atoms with Crippen molar-refractivity contribution in [3.05, 3.63) is 47.8 Å². The van der Waals surface area contributed by atoms with Gasteiger partial charge in [-0.25, -0.2) is 0 Å². The number of aryl methyl sites for hydroxylation is 1. The third-order valence-electron chi connectivity index (χ3n) is 4.16. The smallest absolute Gasteiger partial charge is 0.119 e. The van der Waals surface area contributed by atoms with Gasteiger partial charge in [0.05, 0.1) is 24.7 Å². The third kappa shape index (κ3) is 4.13. The number of hydrogen-bond donors (Lipinski definition) is 1. The molecule has 1 aromatic carbocycles. The van der Waals surface area contributed by atoms with Crippen LogP contribution in [-0.2, 0) is 6.42 Å². The van der Waals surface area contributed by atoms with E-state index in [0.29, 0.717) is 24.8 Å². The maximum Gasteiger partial charge on any atom is 0.119 e. The molecule has 1 aliphatic rings. The summed E-state index contributed by atoms with van der Waals surface area (Å²) < 4.78 is 7.61. The van der Waals surface area contributed by atoms with Crippen LogP contribution in [0.2, 0.25) is 0 Å². The van der Waals surface area contributed by atoms with E-state index >= 15 is 0 Å². The number of aliphatic hydroxyl groups excluding tert-OH is 1. The molecule has 0 aliphatic carbocycles. The first-order chi connectivity index (χ1) is 11.6. The molecule has 24 heavy (non-hydrogen) atoms. The highest BCUT2D eigenvalue weighted by atomic mass is 16.5. The maximum absolute atomic E-state index is 10.1. The van der Waals surface area contributed by atoms with Gasteiger partial charge < -0.3 is 9.84 Å². The standard InChI is InChI=1S/C18H22N4O2/c1-14-8-20-22(9-14)16-10-21(11-16)12-17(23)13-24-18-4-2-15(3-5-18)6-7-19/h2-5,8-9,16-17,23H,6,10-13H2,1H3. The van der Waals surface area contributed by atoms with E-state index in [9.17, 15) is 5.11 Å². The van der Waals surface area contributed by atoms with E-state index in [1.165, 1.54) is 5.56 Å². The number of aliphatic hydroxyl groups is 1. The lowest BCUT2D eigenvalue weighted by atomic mass is 10.1. The van der Waals surface area contributed by atoms with E-state index in [0.717, 1.165) is 18.7 Å². The normalized spacial score (nSPS) is 16.4. The Hall–Kier alpha value is -2.36. The predicted molar refractivity (Wildman–Crippen MR) is 89.7 cm³/mol. The average Bonchev–Trinajstić information content (AvgIpc) is 2.96. The molecule has 6 heteroatoms. The molecule has 0 saturated carbocycles. The number of nitrogens with zero attached hydrogens (tertiary/aromatic N) is 4. The van der Waals surface area contributed by atoms with E-state index in [-0.39, 0.29) is 6.61 Å². The highest BCUT2D eigenvalue weighted by molar-refractivity contribution is 5.28. The van der Waals surface area contributed by atoms with Crippen molar-refractivity contribution in [2.75, 3.05) is 26.2 Å². The van der Waals surface area contributed by atoms with Gasteiger partial charge in [0.25, 0.3) is 0 Å². The van der Waals surface area contributed by atoms with Crippen molar-refractivity contribution < 1.29 is 9.84 Å². The molecule has 1 N–H and O–H groups in total. The van der Waals surface area contributed by atoms with Gasteiger partial charge in [-0.05, 0) is 30.2 Å². The highest BCUT2D eigenvalue weighted by Gasteiger charge is 2.29. The molecule has 1 atom stereocenters. The second-order valence-corrected chi connectivity index (χ2v) is 6.31. The summed E-state index contributed by atoms with van der Waals surface area (Å²) in [5.41, 5.74) is 2.13. The third-order valence-corrected chi connectivity index (χ3v) is 4.16. The monoisotopic (exact) mass is 326 g/mol. The summed E-state index contributed by atoms with van der Waals surface area (Å²) in [5, 5.41) is 23.1. The molecule has 2 heterocycles. The molecule has 1 unspecified atom stereocenters. The molecule has 1 aromatic heterocycles. The first-order valence-electron chi connectivity index (χ1n) is 8.14. The molecule has 0 amide bonds. The molecule has 2 aromatic rings. The maximum atomic E-state index is 10.1. The van der Waals surface area contributed by atoms with Crippen molar-refractivity contribution in [3.8, 4) is 11.8 Å². The van der Waals surface area contributed by atoms with Crippen LogP contribution in [0.25, 0.3) is 0 Å². The summed E-state index contributed by atoms with van der Waals surface area (Å²) in [7, 11) is 0. The van der Waals surface area contributed by atoms with Gasteiger partial charge in [-0.2, -0.15) is 10.4 Å². The van der Waals surface area contributed by atoms with Gasteiger partial charge in [0.15, 0.2) is 0 Å². The molecule has 1 fully saturated rings. The Morgan fingerprint density at radius 3 is 2.75 bits per heavy atom. The first kappa shape index (κ1) is 16.5. The van der Waals surface area contributed by atoms with Crippen molar-refractivity contribution >= 4 is 0 Å². The van der Waals surface area contributed by atoms with Gasteiger partial charge in [0.1, 0.15) is 18.5 Å². The number of ether oxygens (including phenoxy) is 1. The number of hydrogen-bond acceptors (Lipinski definition) is 5. The van der Waals surface area contributed by atoms with Gasteiger partial charge in [0.2, 0.25) is 0 Å². The van der Waals surface area contributed by atoms with E-state index < -0.39 is 6.10 Å². The number of aromatic nitrogens is 2. The summed E-state index contributed by atoms with van der Waals surface area (Å²) in [4.78, 5) is 2.20. The van der Waals surface area contributed by atoms with Crippen LogP contribution < -0.4 is 4.74 Å². The molecular formula is C18H22N4O2. The van der Waals surface area contributed by atoms with Crippen LogP contribution >= 0.6 is 0 Å². The summed E-state index contributed by atoms with van der Waals surface area (Å²) >= 11 is 0. The van der Waals surface area contributed by atoms with Gasteiger partial charge in [-0.1, -0.05) is 12.1 Å². The summed E-state index contributed by atoms with van der Waals surface area (Å²) in [6.07, 6.45) is 3.80. The second-order valence-electron chi connectivity index (χ2n) is 6.31. The summed E-state index contributed by atoms with van der Waals surface area (Å²) in [6, 6.07) is 9.92. The molecule has 0 radical (unpaired) electrons. The average molecular weight is 326 g/mol. The van der Waals surface area contributed by atoms with Crippen molar-refractivity contribution in [1.29, 1.82) is 5.26 Å². The van der Waals surface area contributed by atoms with E-state index in [1.54, 1.807) is 0 Å². The van der Waals surface area contributed by atoms with E-state index in [4.69, 9.17) is 10.00 Å². The molecule has 1 aliphatic heterocycles. The summed E-state index contributed by atoms with van der Waals surface area (Å²) in [5.74, 6) is 0.712. The lowest BCUT2D eigenvalue weighted by Crippen LogP contribution is -2.51. The Labute approximate surface area is 141 Å². The lowest BCUT2D eigenvalue weighted by Gasteiger charge is -2.40. The lowest BCUT2D eigenvalue weighted by molar-refractivity contribution is 0.0204. The minimum Gasteiger partial charge on any atom is -0.491 e. The van der Waals surface area contributed by atoms with Crippen LogP contribution in [0.4, 0.5) is 0 Å². The van der Waals surface area contributed by atoms with Crippen LogP contribution in [-0.4, -0.2) is 52.1 Å². The van der Waals surface area contributed by atoms with Crippen molar-refractivity contribution in [2.24, 2.45) is 0 Å². The Balaban J connectivity index is 1.37. The van der Waals surface area contributed by atoms with Crippen LogP contribution in [0.15, 0.2) is 36.7 Å². The van der Waals surface area contributed by atoms with Crippen LogP contribution in [0, 0.1) is 18.3 Å². The van der Waals surface area contributed by atoms with E-state index in [1.807, 2.05) is 42.1 Å². The highest BCUT2D eigenvalue weighted by Crippen LogP contribution is 2.21. The molecular weight excluding hydrogens is 304 g/mol. The summed E-state index contributed by atoms with van der Waals surface area (Å²) in [6.45, 7) is 4.71. The van der Waals surface area contributed by atoms with Crippen molar-refractivity contribution in [3.63, 3.8) is 0 Å². The van der Waals surface area contributed by atoms with Gasteiger partial charge in [-0.3, -0.25) is 9.58 Å². The molecule has 126 valence electrons. The minimum atomic E-state index is -0.524. The number of benzene rings is 1. The molecule has 0 spiro atoms. The predicted octanol–water partition coefficient (Wildman–Crippen LogP) is 1.55. The topological polar surface area (TPSA) is 74.3 Å². The SMILES string of the molecule is Cc1cnn(C2CN(CC(O)COc3ccc(CC#N)cc3)C2)c1. The van der Waals surface area contributed by atoms with E-state index in [2.05, 4.69) is 22.3 Å². The number of likely N-dealkylation sites (tertiary alicyclic amines) is 1. The first-order valence-corrected chi connectivity index (χ1v) is 8.14. The molecule has 1 saturated heterocycles.